The number of thiophene rings is 1. The smallest absolute Gasteiger partial charge is 0.231 e. The van der Waals surface area contributed by atoms with E-state index in [1.54, 1.807) is 30.4 Å². The number of nitrogens with zero attached hydrogens (tertiary/aromatic N) is 2. The molecule has 0 fully saturated rings. The molecule has 0 aliphatic heterocycles. The summed E-state index contributed by atoms with van der Waals surface area (Å²) in [7, 11) is 0. The van der Waals surface area contributed by atoms with Gasteiger partial charge in [0.1, 0.15) is 17.1 Å². The van der Waals surface area contributed by atoms with Crippen LogP contribution in [-0.2, 0) is 6.54 Å². The third-order valence-electron chi connectivity index (χ3n) is 4.93. The molecule has 0 atom stereocenters. The number of hydrogen-bond donors (Lipinski definition) is 1. The van der Waals surface area contributed by atoms with Gasteiger partial charge in [-0.05, 0) is 64.4 Å². The Labute approximate surface area is 164 Å². The van der Waals surface area contributed by atoms with Crippen molar-refractivity contribution in [2.24, 2.45) is 0 Å². The lowest BCUT2D eigenvalue weighted by Gasteiger charge is -2.15. The van der Waals surface area contributed by atoms with E-state index in [1.807, 2.05) is 12.1 Å². The summed E-state index contributed by atoms with van der Waals surface area (Å²) in [5.41, 5.74) is 1.83. The molecule has 0 saturated heterocycles. The van der Waals surface area contributed by atoms with Crippen molar-refractivity contribution < 1.29 is 14.4 Å². The largest absolute Gasteiger partial charge is 0.438 e. The van der Waals surface area contributed by atoms with Crippen LogP contribution in [0.5, 0.6) is 11.6 Å². The van der Waals surface area contributed by atoms with Gasteiger partial charge in [-0.15, -0.1) is 11.3 Å². The molecule has 1 N–H and O–H groups in total. The predicted octanol–water partition coefficient (Wildman–Crippen LogP) is 3.73. The van der Waals surface area contributed by atoms with Crippen LogP contribution in [0.25, 0.3) is 10.2 Å². The quantitative estimate of drug-likeness (QED) is 0.631. The van der Waals surface area contributed by atoms with Gasteiger partial charge < -0.3 is 9.64 Å². The van der Waals surface area contributed by atoms with Crippen molar-refractivity contribution in [3.05, 3.63) is 46.1 Å². The number of aryl methyl sites for hydroxylation is 2. The van der Waals surface area contributed by atoms with Crippen molar-refractivity contribution in [2.75, 3.05) is 13.1 Å². The zero-order valence-corrected chi connectivity index (χ0v) is 17.4. The van der Waals surface area contributed by atoms with Crippen LogP contribution in [0.4, 0.5) is 0 Å². The first-order chi connectivity index (χ1) is 12.9. The van der Waals surface area contributed by atoms with Gasteiger partial charge in [0.2, 0.25) is 5.88 Å². The maximum atomic E-state index is 11.5. The number of ketones is 1. The lowest BCUT2D eigenvalue weighted by Crippen LogP contribution is -3.10. The number of benzene rings is 1. The first kappa shape index (κ1) is 19.5. The molecule has 0 spiro atoms. The SMILES string of the molecule is CC[NH+](CC)Cc1nc(Oc2ccc(C(C)=O)cc2)c2c(C)c(C)sc2n1. The normalized spacial score (nSPS) is 11.3. The van der Waals surface area contributed by atoms with E-state index in [1.165, 1.54) is 9.78 Å². The molecular formula is C21H26N3O2S+. The summed E-state index contributed by atoms with van der Waals surface area (Å²) in [5, 5.41) is 0.978. The fourth-order valence-electron chi connectivity index (χ4n) is 3.00. The van der Waals surface area contributed by atoms with E-state index in [2.05, 4.69) is 27.7 Å². The van der Waals surface area contributed by atoms with E-state index in [9.17, 15) is 4.79 Å². The van der Waals surface area contributed by atoms with Crippen LogP contribution in [0.15, 0.2) is 24.3 Å². The second kappa shape index (κ2) is 8.15. The number of rotatable bonds is 7. The highest BCUT2D eigenvalue weighted by atomic mass is 32.1. The number of quaternary nitrogens is 1. The van der Waals surface area contributed by atoms with E-state index in [4.69, 9.17) is 14.7 Å². The summed E-state index contributed by atoms with van der Waals surface area (Å²) in [6.45, 7) is 12.9. The van der Waals surface area contributed by atoms with Crippen molar-refractivity contribution >= 4 is 27.3 Å². The van der Waals surface area contributed by atoms with Crippen LogP contribution in [0.1, 0.15) is 47.4 Å². The Morgan fingerprint density at radius 3 is 2.37 bits per heavy atom. The molecular weight excluding hydrogens is 358 g/mol. The van der Waals surface area contributed by atoms with Gasteiger partial charge in [0.25, 0.3) is 0 Å². The Morgan fingerprint density at radius 1 is 1.11 bits per heavy atom. The van der Waals surface area contributed by atoms with E-state index in [0.717, 1.165) is 41.2 Å². The molecule has 2 heterocycles. The number of hydrogen-bond acceptors (Lipinski definition) is 5. The molecule has 5 nitrogen and oxygen atoms in total. The number of nitrogens with one attached hydrogen (secondary N) is 1. The summed E-state index contributed by atoms with van der Waals surface area (Å²) in [6, 6.07) is 7.19. The average Bonchev–Trinajstić information content (AvgIpc) is 2.94. The minimum absolute atomic E-state index is 0.0414. The van der Waals surface area contributed by atoms with E-state index in [-0.39, 0.29) is 5.78 Å². The first-order valence-electron chi connectivity index (χ1n) is 9.31. The summed E-state index contributed by atoms with van der Waals surface area (Å²) in [4.78, 5) is 24.6. The van der Waals surface area contributed by atoms with Gasteiger partial charge in [-0.2, -0.15) is 4.98 Å². The third kappa shape index (κ3) is 4.17. The monoisotopic (exact) mass is 384 g/mol. The first-order valence-corrected chi connectivity index (χ1v) is 10.1. The summed E-state index contributed by atoms with van der Waals surface area (Å²) >= 11 is 1.68. The fourth-order valence-corrected chi connectivity index (χ4v) is 4.04. The molecule has 2 aromatic heterocycles. The number of ether oxygens (including phenoxy) is 1. The Hall–Kier alpha value is -2.31. The summed E-state index contributed by atoms with van der Waals surface area (Å²) < 4.78 is 6.15. The number of aromatic nitrogens is 2. The second-order valence-electron chi connectivity index (χ2n) is 6.72. The standard InChI is InChI=1S/C21H25N3O2S/c1-6-24(7-2)12-18-22-20(19-13(3)15(5)27-21(19)23-18)26-17-10-8-16(9-11-17)14(4)25/h8-11H,6-7,12H2,1-5H3/p+1. The highest BCUT2D eigenvalue weighted by Crippen LogP contribution is 2.36. The molecule has 0 amide bonds. The van der Waals surface area contributed by atoms with Crippen molar-refractivity contribution in [3.63, 3.8) is 0 Å². The molecule has 0 aliphatic carbocycles. The van der Waals surface area contributed by atoms with Gasteiger partial charge in [-0.3, -0.25) is 4.79 Å². The highest BCUT2D eigenvalue weighted by molar-refractivity contribution is 7.18. The maximum absolute atomic E-state index is 11.5. The van der Waals surface area contributed by atoms with Gasteiger partial charge in [0, 0.05) is 10.4 Å². The van der Waals surface area contributed by atoms with Crippen LogP contribution in [0, 0.1) is 13.8 Å². The van der Waals surface area contributed by atoms with E-state index < -0.39 is 0 Å². The van der Waals surface area contributed by atoms with Crippen molar-refractivity contribution in [1.82, 2.24) is 9.97 Å². The molecule has 142 valence electrons. The predicted molar refractivity (Wildman–Crippen MR) is 109 cm³/mol. The summed E-state index contributed by atoms with van der Waals surface area (Å²) in [5.74, 6) is 2.11. The van der Waals surface area contributed by atoms with Crippen LogP contribution in [-0.4, -0.2) is 28.8 Å². The lowest BCUT2D eigenvalue weighted by molar-refractivity contribution is -0.910. The van der Waals surface area contributed by atoms with Gasteiger partial charge in [0.15, 0.2) is 11.6 Å². The van der Waals surface area contributed by atoms with Crippen molar-refractivity contribution in [3.8, 4) is 11.6 Å². The summed E-state index contributed by atoms with van der Waals surface area (Å²) in [6.07, 6.45) is 0. The molecule has 0 aliphatic rings. The van der Waals surface area contributed by atoms with E-state index >= 15 is 0 Å². The van der Waals surface area contributed by atoms with Gasteiger partial charge in [-0.25, -0.2) is 4.98 Å². The van der Waals surface area contributed by atoms with Crippen LogP contribution >= 0.6 is 11.3 Å². The van der Waals surface area contributed by atoms with Crippen molar-refractivity contribution in [1.29, 1.82) is 0 Å². The van der Waals surface area contributed by atoms with E-state index in [0.29, 0.717) is 17.2 Å². The van der Waals surface area contributed by atoms with Crippen LogP contribution < -0.4 is 9.64 Å². The molecule has 1 aromatic carbocycles. The Balaban J connectivity index is 2.02. The lowest BCUT2D eigenvalue weighted by atomic mass is 10.1. The molecule has 0 radical (unpaired) electrons. The van der Waals surface area contributed by atoms with Gasteiger partial charge in [0.05, 0.1) is 18.5 Å². The van der Waals surface area contributed by atoms with Gasteiger partial charge in [-0.1, -0.05) is 0 Å². The van der Waals surface area contributed by atoms with Crippen molar-refractivity contribution in [2.45, 2.75) is 41.2 Å². The molecule has 27 heavy (non-hydrogen) atoms. The molecule has 3 rings (SSSR count). The zero-order valence-electron chi connectivity index (χ0n) is 16.5. The molecule has 6 heteroatoms. The Kier molecular flexibility index (Phi) is 5.87. The van der Waals surface area contributed by atoms with Crippen LogP contribution in [0.3, 0.4) is 0 Å². The molecule has 0 unspecified atom stereocenters. The zero-order chi connectivity index (χ0) is 19.6. The minimum Gasteiger partial charge on any atom is -0.438 e. The number of Topliss-reactive ketones (excluding diaryl/α,β-unsaturated/α-hetero) is 1. The second-order valence-corrected chi connectivity index (χ2v) is 7.93. The Morgan fingerprint density at radius 2 is 1.78 bits per heavy atom. The highest BCUT2D eigenvalue weighted by Gasteiger charge is 2.18. The molecule has 0 bridgehead atoms. The van der Waals surface area contributed by atoms with Crippen LogP contribution in [0.2, 0.25) is 0 Å². The third-order valence-corrected chi connectivity index (χ3v) is 6.03. The Bertz CT molecular complexity index is 960. The maximum Gasteiger partial charge on any atom is 0.231 e. The molecule has 0 saturated carbocycles. The topological polar surface area (TPSA) is 56.5 Å². The van der Waals surface area contributed by atoms with Gasteiger partial charge >= 0.3 is 0 Å². The number of carbonyl (C=O) groups is 1. The molecule has 3 aromatic rings. The minimum atomic E-state index is 0.0414. The number of carbonyl (C=O) groups excluding carboxylic acids is 1. The number of fused-ring (bicyclic) bond motifs is 1. The fraction of sp³-hybridized carbons (Fsp3) is 0.381. The average molecular weight is 385 g/mol.